The van der Waals surface area contributed by atoms with E-state index in [1.54, 1.807) is 7.11 Å². The maximum atomic E-state index is 6.47. The monoisotopic (exact) mass is 1120 g/mol. The van der Waals surface area contributed by atoms with Gasteiger partial charge in [-0.3, -0.25) is 15.0 Å². The Labute approximate surface area is 503 Å². The minimum atomic E-state index is -0.580. The summed E-state index contributed by atoms with van der Waals surface area (Å²) >= 11 is 0. The predicted molar refractivity (Wildman–Crippen MR) is 351 cm³/mol. The normalized spacial score (nSPS) is 12.2. The smallest absolute Gasteiger partial charge is 0.119 e. The largest absolute Gasteiger partial charge is 0.497 e. The van der Waals surface area contributed by atoms with E-state index < -0.39 is 5.41 Å². The summed E-state index contributed by atoms with van der Waals surface area (Å²) < 4.78 is 11.8. The van der Waals surface area contributed by atoms with Gasteiger partial charge in [-0.1, -0.05) is 190 Å². The first-order chi connectivity index (χ1) is 40.9. The van der Waals surface area contributed by atoms with E-state index in [2.05, 4.69) is 220 Å². The summed E-state index contributed by atoms with van der Waals surface area (Å²) in [5.74, 6) is 1.68. The molecule has 0 N–H and O–H groups in total. The molecule has 11 aromatic rings. The van der Waals surface area contributed by atoms with Crippen molar-refractivity contribution >= 4 is 21.8 Å². The molecule has 0 unspecified atom stereocenters. The van der Waals surface area contributed by atoms with E-state index in [1.165, 1.54) is 44.5 Å². The second-order valence-corrected chi connectivity index (χ2v) is 25.9. The first-order valence-corrected chi connectivity index (χ1v) is 30.2. The van der Waals surface area contributed by atoms with Crippen molar-refractivity contribution in [1.82, 2.24) is 24.9 Å². The molecule has 11 rings (SSSR count). The highest BCUT2D eigenvalue weighted by molar-refractivity contribution is 6.03. The maximum absolute atomic E-state index is 6.47. The summed E-state index contributed by atoms with van der Waals surface area (Å²) in [5, 5.41) is 2.18. The van der Waals surface area contributed by atoms with Crippen molar-refractivity contribution in [2.75, 3.05) is 13.7 Å². The highest BCUT2D eigenvalue weighted by Crippen LogP contribution is 2.47. The number of rotatable bonds is 18. The van der Waals surface area contributed by atoms with Crippen molar-refractivity contribution in [1.29, 1.82) is 0 Å². The minimum Gasteiger partial charge on any atom is -0.497 e. The molecule has 0 aliphatic rings. The van der Waals surface area contributed by atoms with E-state index >= 15 is 0 Å². The molecule has 0 amide bonds. The number of aryl methyl sites for hydroxylation is 3. The molecule has 0 aliphatic carbocycles. The molecular formula is C78H79N5O2. The molecule has 428 valence electrons. The van der Waals surface area contributed by atoms with Crippen LogP contribution in [0.5, 0.6) is 11.5 Å². The van der Waals surface area contributed by atoms with Crippen LogP contribution in [0.1, 0.15) is 137 Å². The van der Waals surface area contributed by atoms with Crippen LogP contribution in [0.2, 0.25) is 0 Å². The van der Waals surface area contributed by atoms with E-state index in [4.69, 9.17) is 34.4 Å². The Morgan fingerprint density at radius 2 is 0.753 bits per heavy atom. The van der Waals surface area contributed by atoms with Gasteiger partial charge in [-0.2, -0.15) is 0 Å². The van der Waals surface area contributed by atoms with Crippen LogP contribution in [-0.4, -0.2) is 38.6 Å². The third-order valence-corrected chi connectivity index (χ3v) is 16.8. The molecule has 0 saturated heterocycles. The second kappa shape index (κ2) is 24.4. The van der Waals surface area contributed by atoms with Gasteiger partial charge in [0, 0.05) is 34.4 Å². The summed E-state index contributed by atoms with van der Waals surface area (Å²) in [5.41, 5.74) is 19.0. The lowest BCUT2D eigenvalue weighted by Crippen LogP contribution is -2.31. The zero-order chi connectivity index (χ0) is 59.3. The zero-order valence-electron chi connectivity index (χ0n) is 51.2. The molecule has 7 nitrogen and oxygen atoms in total. The van der Waals surface area contributed by atoms with Crippen molar-refractivity contribution in [2.24, 2.45) is 0 Å². The first kappa shape index (κ1) is 58.0. The molecule has 5 heterocycles. The summed E-state index contributed by atoms with van der Waals surface area (Å²) in [4.78, 5) is 25.0. The molecule has 0 bridgehead atoms. The molecule has 6 aromatic carbocycles. The maximum Gasteiger partial charge on any atom is 0.119 e. The fourth-order valence-electron chi connectivity index (χ4n) is 11.6. The van der Waals surface area contributed by atoms with Gasteiger partial charge < -0.3 is 9.47 Å². The van der Waals surface area contributed by atoms with E-state index in [1.807, 2.05) is 54.9 Å². The molecule has 0 spiro atoms. The Balaban J connectivity index is 0.708. The van der Waals surface area contributed by atoms with Gasteiger partial charge in [0.15, 0.2) is 0 Å². The van der Waals surface area contributed by atoms with Gasteiger partial charge in [-0.25, -0.2) is 9.97 Å². The van der Waals surface area contributed by atoms with Crippen molar-refractivity contribution < 1.29 is 9.47 Å². The Morgan fingerprint density at radius 3 is 1.22 bits per heavy atom. The Morgan fingerprint density at radius 1 is 0.341 bits per heavy atom. The molecule has 85 heavy (non-hydrogen) atoms. The summed E-state index contributed by atoms with van der Waals surface area (Å²) in [6.07, 6.45) is 9.55. The Bertz CT molecular complexity index is 3900. The number of pyridine rings is 5. The number of aromatic nitrogens is 5. The average molecular weight is 1120 g/mol. The van der Waals surface area contributed by atoms with Gasteiger partial charge >= 0.3 is 0 Å². The van der Waals surface area contributed by atoms with Crippen molar-refractivity contribution in [3.05, 3.63) is 268 Å². The van der Waals surface area contributed by atoms with E-state index in [0.29, 0.717) is 6.61 Å². The van der Waals surface area contributed by atoms with E-state index in [-0.39, 0.29) is 16.2 Å². The zero-order valence-corrected chi connectivity index (χ0v) is 51.2. The number of hydrogen-bond acceptors (Lipinski definition) is 7. The summed E-state index contributed by atoms with van der Waals surface area (Å²) in [6.45, 7) is 21.1. The van der Waals surface area contributed by atoms with Crippen molar-refractivity contribution in [3.8, 4) is 45.5 Å². The molecule has 0 radical (unpaired) electrons. The molecule has 0 atom stereocenters. The summed E-state index contributed by atoms with van der Waals surface area (Å²) in [7, 11) is 1.68. The second-order valence-electron chi connectivity index (χ2n) is 25.9. The number of hydrogen-bond donors (Lipinski definition) is 0. The van der Waals surface area contributed by atoms with Crippen LogP contribution < -0.4 is 9.47 Å². The van der Waals surface area contributed by atoms with Crippen LogP contribution in [-0.2, 0) is 40.9 Å². The molecule has 7 heteroatoms. The average Bonchev–Trinajstić information content (AvgIpc) is 3.50. The third kappa shape index (κ3) is 13.0. The number of fused-ring (bicyclic) bond motifs is 3. The number of unbranched alkanes of at least 4 members (excludes halogenated alkanes) is 1. The summed E-state index contributed by atoms with van der Waals surface area (Å²) in [6, 6.07) is 72.2. The fraction of sp³-hybridized carbons (Fsp3) is 0.269. The van der Waals surface area contributed by atoms with Crippen LogP contribution in [0.15, 0.2) is 213 Å². The third-order valence-electron chi connectivity index (χ3n) is 16.8. The fourth-order valence-corrected chi connectivity index (χ4v) is 11.6. The minimum absolute atomic E-state index is 0.0344. The number of methoxy groups -OCH3 is 1. The van der Waals surface area contributed by atoms with Gasteiger partial charge in [0.05, 0.1) is 58.6 Å². The predicted octanol–water partition coefficient (Wildman–Crippen LogP) is 18.8. The highest BCUT2D eigenvalue weighted by Gasteiger charge is 2.39. The molecule has 0 fully saturated rings. The lowest BCUT2D eigenvalue weighted by atomic mass is 9.64. The number of nitrogens with zero attached hydrogens (tertiary/aromatic N) is 5. The van der Waals surface area contributed by atoms with Gasteiger partial charge in [-0.05, 0) is 178 Å². The molecular weight excluding hydrogens is 1040 g/mol. The topological polar surface area (TPSA) is 82.9 Å². The standard InChI is InChI=1S/C78H79N5O2/c1-75(2,3)58-28-34-61(35-29-58)78(62-36-30-59(31-37-62)76(4,5)6,63-38-32-60(33-39-63)77(7,8)9)64-40-45-67(46-41-64)85-50-14-16-54-21-48-70(80-52-54)72-19-13-18-71(82-72)69-47-20-53(51-79-69)15-11-12-17-65-42-24-56-22-23-57-27-49-68(83-74(57)73(56)81-65)55-25-43-66(84-10)44-26-55/h13,18-49,51-52H,11-12,14-17,50H2,1-10H3. The van der Waals surface area contributed by atoms with Crippen LogP contribution >= 0.6 is 0 Å². The van der Waals surface area contributed by atoms with Crippen LogP contribution in [0.25, 0.3) is 55.8 Å². The van der Waals surface area contributed by atoms with Crippen LogP contribution in [0.3, 0.4) is 0 Å². The van der Waals surface area contributed by atoms with E-state index in [9.17, 15) is 0 Å². The highest BCUT2D eigenvalue weighted by atomic mass is 16.5. The van der Waals surface area contributed by atoms with Crippen molar-refractivity contribution in [2.45, 2.75) is 122 Å². The van der Waals surface area contributed by atoms with Gasteiger partial charge in [0.25, 0.3) is 0 Å². The first-order valence-electron chi connectivity index (χ1n) is 30.2. The van der Waals surface area contributed by atoms with Crippen molar-refractivity contribution in [3.63, 3.8) is 0 Å². The Hall–Kier alpha value is -8.81. The number of benzene rings is 6. The molecule has 0 saturated carbocycles. The SMILES string of the molecule is COc1ccc(-c2ccc3ccc4ccc(CCCCc5ccc(-c6cccc(-c7ccc(CCCOc8ccc(C(c9ccc(C(C)(C)C)cc9)(c9ccc(C(C)(C)C)cc9)c9ccc(C(C)(C)C)cc9)cc8)cn7)n6)nc5)nc4c3n2)cc1. The molecule has 5 aromatic heterocycles. The van der Waals surface area contributed by atoms with Crippen LogP contribution in [0.4, 0.5) is 0 Å². The molecule has 0 aliphatic heterocycles. The van der Waals surface area contributed by atoms with Crippen LogP contribution in [0, 0.1) is 0 Å². The lowest BCUT2D eigenvalue weighted by molar-refractivity contribution is 0.311. The lowest BCUT2D eigenvalue weighted by Gasteiger charge is -2.38. The quantitative estimate of drug-likeness (QED) is 0.0481. The van der Waals surface area contributed by atoms with Gasteiger partial charge in [0.1, 0.15) is 11.5 Å². The van der Waals surface area contributed by atoms with E-state index in [0.717, 1.165) is 117 Å². The van der Waals surface area contributed by atoms with Gasteiger partial charge in [-0.15, -0.1) is 0 Å². The number of ether oxygens (including phenoxy) is 2. The van der Waals surface area contributed by atoms with Gasteiger partial charge in [0.2, 0.25) is 0 Å². The Kier molecular flexibility index (Phi) is 16.7.